The van der Waals surface area contributed by atoms with Gasteiger partial charge in [-0.15, -0.1) is 0 Å². The van der Waals surface area contributed by atoms with Crippen LogP contribution in [0.1, 0.15) is 19.4 Å². The van der Waals surface area contributed by atoms with Crippen molar-refractivity contribution in [3.05, 3.63) is 34.9 Å². The Morgan fingerprint density at radius 2 is 2.00 bits per heavy atom. The summed E-state index contributed by atoms with van der Waals surface area (Å²) in [5, 5.41) is 1.67. The van der Waals surface area contributed by atoms with Crippen LogP contribution in [0.2, 0.25) is 5.02 Å². The van der Waals surface area contributed by atoms with Crippen molar-refractivity contribution in [2.75, 3.05) is 17.7 Å². The zero-order valence-corrected chi connectivity index (χ0v) is 13.3. The molecule has 0 amide bonds. The van der Waals surface area contributed by atoms with Crippen molar-refractivity contribution in [2.24, 2.45) is 0 Å². The number of hydrogen-bond donors (Lipinski definition) is 1. The van der Waals surface area contributed by atoms with E-state index in [-0.39, 0.29) is 6.10 Å². The Morgan fingerprint density at radius 1 is 1.35 bits per heavy atom. The third-order valence-corrected chi connectivity index (χ3v) is 3.90. The molecule has 1 aromatic heterocycles. The molecule has 0 aliphatic heterocycles. The molecule has 0 unspecified atom stereocenters. The number of nitrogens with zero attached hydrogens (tertiary/aromatic N) is 2. The second-order valence-corrected chi connectivity index (χ2v) is 6.04. The van der Waals surface area contributed by atoms with Crippen LogP contribution in [0.5, 0.6) is 5.75 Å². The highest BCUT2D eigenvalue weighted by atomic mass is 35.5. The highest BCUT2D eigenvalue weighted by Crippen LogP contribution is 2.38. The van der Waals surface area contributed by atoms with Gasteiger partial charge in [0.05, 0.1) is 6.10 Å². The maximum Gasteiger partial charge on any atom is 0.198 e. The van der Waals surface area contributed by atoms with Crippen LogP contribution in [-0.4, -0.2) is 17.5 Å². The third kappa shape index (κ3) is 3.55. The van der Waals surface area contributed by atoms with E-state index in [2.05, 4.69) is 9.27 Å². The van der Waals surface area contributed by atoms with Crippen molar-refractivity contribution in [1.82, 2.24) is 4.37 Å². The van der Waals surface area contributed by atoms with E-state index < -0.39 is 0 Å². The fraction of sp³-hybridized carbons (Fsp3) is 0.357. The minimum absolute atomic E-state index is 0.0661. The molecule has 0 radical (unpaired) electrons. The number of benzene rings is 1. The lowest BCUT2D eigenvalue weighted by atomic mass is 10.2. The SMILES string of the molecule is CC(C)Oc1c(N)nsc1N(C)Cc1ccc(Cl)cc1. The standard InChI is InChI=1S/C14H18ClN3OS/c1-9(2)19-12-13(16)17-20-14(12)18(3)8-10-4-6-11(15)7-5-10/h4-7,9H,8H2,1-3H3,(H2,16,17). The number of hydrogen-bond acceptors (Lipinski definition) is 5. The molecule has 1 aromatic carbocycles. The largest absolute Gasteiger partial charge is 0.484 e. The van der Waals surface area contributed by atoms with E-state index in [1.807, 2.05) is 45.2 Å². The summed E-state index contributed by atoms with van der Waals surface area (Å²) in [5.74, 6) is 1.11. The van der Waals surface area contributed by atoms with Crippen LogP contribution in [0.25, 0.3) is 0 Å². The first-order valence-corrected chi connectivity index (χ1v) is 7.50. The number of halogens is 1. The molecule has 0 fully saturated rings. The number of aromatic nitrogens is 1. The lowest BCUT2D eigenvalue weighted by molar-refractivity contribution is 0.245. The van der Waals surface area contributed by atoms with Crippen molar-refractivity contribution in [1.29, 1.82) is 0 Å². The van der Waals surface area contributed by atoms with Crippen molar-refractivity contribution < 1.29 is 4.74 Å². The molecule has 0 aliphatic rings. The van der Waals surface area contributed by atoms with Gasteiger partial charge >= 0.3 is 0 Å². The van der Waals surface area contributed by atoms with Crippen LogP contribution in [0, 0.1) is 0 Å². The Bertz CT molecular complexity index is 568. The molecule has 0 atom stereocenters. The molecule has 2 rings (SSSR count). The zero-order valence-electron chi connectivity index (χ0n) is 11.8. The summed E-state index contributed by atoms with van der Waals surface area (Å²) in [6, 6.07) is 7.78. The Labute approximate surface area is 128 Å². The summed E-state index contributed by atoms with van der Waals surface area (Å²) in [7, 11) is 1.99. The van der Waals surface area contributed by atoms with Gasteiger partial charge in [0, 0.05) is 18.6 Å². The molecular formula is C14H18ClN3OS. The number of ether oxygens (including phenoxy) is 1. The van der Waals surface area contributed by atoms with Crippen LogP contribution in [0.15, 0.2) is 24.3 Å². The number of nitrogens with two attached hydrogens (primary N) is 1. The van der Waals surface area contributed by atoms with Gasteiger partial charge in [-0.3, -0.25) is 0 Å². The topological polar surface area (TPSA) is 51.4 Å². The van der Waals surface area contributed by atoms with E-state index in [0.717, 1.165) is 16.6 Å². The van der Waals surface area contributed by atoms with Gasteiger partial charge in [-0.1, -0.05) is 23.7 Å². The van der Waals surface area contributed by atoms with Gasteiger partial charge in [0.25, 0.3) is 0 Å². The number of rotatable bonds is 5. The zero-order chi connectivity index (χ0) is 14.7. The van der Waals surface area contributed by atoms with Crippen molar-refractivity contribution >= 4 is 34.0 Å². The van der Waals surface area contributed by atoms with E-state index in [1.54, 1.807) is 0 Å². The van der Waals surface area contributed by atoms with Crippen molar-refractivity contribution in [3.8, 4) is 5.75 Å². The second kappa shape index (κ2) is 6.33. The summed E-state index contributed by atoms with van der Waals surface area (Å²) in [6.45, 7) is 4.69. The summed E-state index contributed by atoms with van der Waals surface area (Å²) in [5.41, 5.74) is 7.04. The molecule has 20 heavy (non-hydrogen) atoms. The van der Waals surface area contributed by atoms with Gasteiger partial charge in [0.2, 0.25) is 0 Å². The first kappa shape index (κ1) is 14.9. The minimum Gasteiger partial charge on any atom is -0.484 e. The first-order chi connectivity index (χ1) is 9.47. The van der Waals surface area contributed by atoms with Gasteiger partial charge < -0.3 is 15.4 Å². The highest BCUT2D eigenvalue weighted by Gasteiger charge is 2.18. The predicted molar refractivity (Wildman–Crippen MR) is 85.8 cm³/mol. The van der Waals surface area contributed by atoms with E-state index >= 15 is 0 Å². The second-order valence-electron chi connectivity index (χ2n) is 4.85. The van der Waals surface area contributed by atoms with Crippen LogP contribution in [0.3, 0.4) is 0 Å². The van der Waals surface area contributed by atoms with Gasteiger partial charge in [-0.2, -0.15) is 4.37 Å². The van der Waals surface area contributed by atoms with E-state index in [4.69, 9.17) is 22.1 Å². The molecule has 1 heterocycles. The molecular weight excluding hydrogens is 294 g/mol. The van der Waals surface area contributed by atoms with Gasteiger partial charge in [0.1, 0.15) is 0 Å². The summed E-state index contributed by atoms with van der Waals surface area (Å²) < 4.78 is 9.93. The molecule has 6 heteroatoms. The summed E-state index contributed by atoms with van der Waals surface area (Å²) in [6.07, 6.45) is 0.0661. The first-order valence-electron chi connectivity index (χ1n) is 6.34. The summed E-state index contributed by atoms with van der Waals surface area (Å²) in [4.78, 5) is 2.08. The normalized spacial score (nSPS) is 10.8. The van der Waals surface area contributed by atoms with Crippen LogP contribution in [-0.2, 0) is 6.54 Å². The Morgan fingerprint density at radius 3 is 2.60 bits per heavy atom. The molecule has 2 aromatic rings. The average Bonchev–Trinajstić information content (AvgIpc) is 2.73. The molecule has 0 saturated heterocycles. The Kier molecular flexibility index (Phi) is 4.73. The predicted octanol–water partition coefficient (Wildman–Crippen LogP) is 3.80. The number of anilines is 2. The molecule has 0 aliphatic carbocycles. The highest BCUT2D eigenvalue weighted by molar-refractivity contribution is 7.11. The molecule has 0 spiro atoms. The molecule has 4 nitrogen and oxygen atoms in total. The van der Waals surface area contributed by atoms with Crippen LogP contribution < -0.4 is 15.4 Å². The lowest BCUT2D eigenvalue weighted by Gasteiger charge is -2.19. The van der Waals surface area contributed by atoms with Crippen LogP contribution >= 0.6 is 23.1 Å². The van der Waals surface area contributed by atoms with E-state index in [9.17, 15) is 0 Å². The van der Waals surface area contributed by atoms with Gasteiger partial charge in [-0.05, 0) is 43.1 Å². The number of nitrogen functional groups attached to an aromatic ring is 1. The smallest absolute Gasteiger partial charge is 0.198 e. The third-order valence-electron chi connectivity index (χ3n) is 2.69. The van der Waals surface area contributed by atoms with Gasteiger partial charge in [-0.25, -0.2) is 0 Å². The Balaban J connectivity index is 2.16. The van der Waals surface area contributed by atoms with E-state index in [0.29, 0.717) is 11.6 Å². The maximum absolute atomic E-state index is 5.89. The Hall–Kier alpha value is -1.46. The molecule has 108 valence electrons. The van der Waals surface area contributed by atoms with E-state index in [1.165, 1.54) is 17.1 Å². The van der Waals surface area contributed by atoms with Crippen molar-refractivity contribution in [2.45, 2.75) is 26.5 Å². The summed E-state index contributed by atoms with van der Waals surface area (Å²) >= 11 is 7.24. The quantitative estimate of drug-likeness (QED) is 0.912. The van der Waals surface area contributed by atoms with Crippen LogP contribution in [0.4, 0.5) is 10.8 Å². The minimum atomic E-state index is 0.0661. The fourth-order valence-corrected chi connectivity index (χ4v) is 2.64. The maximum atomic E-state index is 5.89. The molecule has 0 saturated carbocycles. The van der Waals surface area contributed by atoms with Crippen molar-refractivity contribution in [3.63, 3.8) is 0 Å². The fourth-order valence-electron chi connectivity index (χ4n) is 1.81. The lowest BCUT2D eigenvalue weighted by Crippen LogP contribution is -2.17. The average molecular weight is 312 g/mol. The monoisotopic (exact) mass is 311 g/mol. The van der Waals surface area contributed by atoms with Gasteiger partial charge in [0.15, 0.2) is 16.6 Å². The molecule has 0 bridgehead atoms. The molecule has 2 N–H and O–H groups in total.